The van der Waals surface area contributed by atoms with Gasteiger partial charge < -0.3 is 10.1 Å². The van der Waals surface area contributed by atoms with Crippen molar-refractivity contribution in [1.82, 2.24) is 0 Å². The second-order valence-electron chi connectivity index (χ2n) is 4.46. The van der Waals surface area contributed by atoms with Gasteiger partial charge in [-0.2, -0.15) is 0 Å². The summed E-state index contributed by atoms with van der Waals surface area (Å²) in [5.74, 6) is -0.201. The molecule has 0 aliphatic carbocycles. The number of rotatable bonds is 5. The fourth-order valence-corrected chi connectivity index (χ4v) is 3.35. The molecule has 0 aliphatic rings. The highest BCUT2D eigenvalue weighted by Crippen LogP contribution is 2.25. The Morgan fingerprint density at radius 2 is 2.05 bits per heavy atom. The quantitative estimate of drug-likeness (QED) is 0.820. The van der Waals surface area contributed by atoms with E-state index in [0.717, 1.165) is 21.6 Å². The zero-order chi connectivity index (χ0) is 14.5. The van der Waals surface area contributed by atoms with Gasteiger partial charge in [0.15, 0.2) is 0 Å². The Kier molecular flexibility index (Phi) is 5.20. The maximum absolute atomic E-state index is 11.2. The van der Waals surface area contributed by atoms with Crippen LogP contribution in [0.3, 0.4) is 0 Å². The zero-order valence-electron chi connectivity index (χ0n) is 11.4. The Morgan fingerprint density at radius 3 is 2.75 bits per heavy atom. The van der Waals surface area contributed by atoms with Gasteiger partial charge in [0.25, 0.3) is 0 Å². The second kappa shape index (κ2) is 6.90. The summed E-state index contributed by atoms with van der Waals surface area (Å²) in [7, 11) is 1.41. The van der Waals surface area contributed by atoms with Crippen LogP contribution in [-0.2, 0) is 22.5 Å². The summed E-state index contributed by atoms with van der Waals surface area (Å²) >= 11 is 5.17. The summed E-state index contributed by atoms with van der Waals surface area (Å²) in [5.41, 5.74) is 2.29. The highest BCUT2D eigenvalue weighted by Gasteiger charge is 2.06. The van der Waals surface area contributed by atoms with Gasteiger partial charge in [-0.25, -0.2) is 0 Å². The molecule has 0 amide bonds. The standard InChI is InChI=1S/C15H16BrNO2S/c1-10-3-6-14(13(16)7-10)17-9-12-5-4-11(20-12)8-15(18)19-2/h3-7,17H,8-9H2,1-2H3. The van der Waals surface area contributed by atoms with Crippen LogP contribution in [0.2, 0.25) is 0 Å². The van der Waals surface area contributed by atoms with Crippen molar-refractivity contribution in [2.45, 2.75) is 19.9 Å². The van der Waals surface area contributed by atoms with Crippen LogP contribution >= 0.6 is 27.3 Å². The first kappa shape index (κ1) is 15.1. The molecule has 0 fully saturated rings. The Hall–Kier alpha value is -1.33. The lowest BCUT2D eigenvalue weighted by Gasteiger charge is -2.08. The molecule has 2 aromatic rings. The number of ether oxygens (including phenoxy) is 1. The molecule has 106 valence electrons. The van der Waals surface area contributed by atoms with E-state index in [2.05, 4.69) is 51.1 Å². The van der Waals surface area contributed by atoms with Gasteiger partial charge in [0, 0.05) is 26.5 Å². The molecule has 0 saturated carbocycles. The molecule has 1 aromatic carbocycles. The average Bonchev–Trinajstić information content (AvgIpc) is 2.85. The fourth-order valence-electron chi connectivity index (χ4n) is 1.77. The smallest absolute Gasteiger partial charge is 0.310 e. The lowest BCUT2D eigenvalue weighted by molar-refractivity contribution is -0.139. The molecule has 0 saturated heterocycles. The van der Waals surface area contributed by atoms with Gasteiger partial charge in [-0.1, -0.05) is 6.07 Å². The predicted molar refractivity (Wildman–Crippen MR) is 86.2 cm³/mol. The van der Waals surface area contributed by atoms with Gasteiger partial charge in [0.2, 0.25) is 0 Å². The van der Waals surface area contributed by atoms with E-state index in [0.29, 0.717) is 6.42 Å². The predicted octanol–water partition coefficient (Wildman–Crippen LogP) is 4.15. The summed E-state index contributed by atoms with van der Waals surface area (Å²) in [4.78, 5) is 13.4. The number of thiophene rings is 1. The van der Waals surface area contributed by atoms with Crippen molar-refractivity contribution >= 4 is 38.9 Å². The fraction of sp³-hybridized carbons (Fsp3) is 0.267. The summed E-state index contributed by atoms with van der Waals surface area (Å²) in [6, 6.07) is 10.2. The molecule has 0 atom stereocenters. The number of hydrogen-bond donors (Lipinski definition) is 1. The molecule has 0 unspecified atom stereocenters. The minimum absolute atomic E-state index is 0.201. The van der Waals surface area contributed by atoms with Gasteiger partial charge in [0.05, 0.1) is 13.5 Å². The topological polar surface area (TPSA) is 38.3 Å². The Morgan fingerprint density at radius 1 is 1.30 bits per heavy atom. The molecule has 5 heteroatoms. The first-order valence-electron chi connectivity index (χ1n) is 6.23. The highest BCUT2D eigenvalue weighted by molar-refractivity contribution is 9.10. The highest BCUT2D eigenvalue weighted by atomic mass is 79.9. The Bertz CT molecular complexity index is 610. The number of halogens is 1. The molecule has 3 nitrogen and oxygen atoms in total. The van der Waals surface area contributed by atoms with Crippen molar-refractivity contribution in [3.8, 4) is 0 Å². The third-order valence-electron chi connectivity index (χ3n) is 2.84. The molecule has 2 rings (SSSR count). The molecule has 0 radical (unpaired) electrons. The van der Waals surface area contributed by atoms with Crippen molar-refractivity contribution in [2.24, 2.45) is 0 Å². The van der Waals surface area contributed by atoms with Gasteiger partial charge >= 0.3 is 5.97 Å². The van der Waals surface area contributed by atoms with Gasteiger partial charge in [-0.15, -0.1) is 11.3 Å². The molecule has 0 aliphatic heterocycles. The summed E-state index contributed by atoms with van der Waals surface area (Å²) in [5, 5.41) is 3.38. The van der Waals surface area contributed by atoms with Crippen LogP contribution in [-0.4, -0.2) is 13.1 Å². The largest absolute Gasteiger partial charge is 0.469 e. The van der Waals surface area contributed by atoms with E-state index in [9.17, 15) is 4.79 Å². The zero-order valence-corrected chi connectivity index (χ0v) is 13.8. The molecular weight excluding hydrogens is 338 g/mol. The van der Waals surface area contributed by atoms with E-state index < -0.39 is 0 Å². The van der Waals surface area contributed by atoms with Gasteiger partial charge in [-0.3, -0.25) is 4.79 Å². The van der Waals surface area contributed by atoms with Crippen LogP contribution in [0.5, 0.6) is 0 Å². The molecule has 0 bridgehead atoms. The molecular formula is C15H16BrNO2S. The number of esters is 1. The third-order valence-corrected chi connectivity index (χ3v) is 4.58. The molecule has 1 heterocycles. The first-order chi connectivity index (χ1) is 9.58. The monoisotopic (exact) mass is 353 g/mol. The van der Waals surface area contributed by atoms with E-state index >= 15 is 0 Å². The van der Waals surface area contributed by atoms with Crippen molar-refractivity contribution in [2.75, 3.05) is 12.4 Å². The van der Waals surface area contributed by atoms with Crippen LogP contribution < -0.4 is 5.32 Å². The van der Waals surface area contributed by atoms with Crippen LogP contribution in [0.4, 0.5) is 5.69 Å². The average molecular weight is 354 g/mol. The minimum Gasteiger partial charge on any atom is -0.469 e. The molecule has 1 aromatic heterocycles. The third kappa shape index (κ3) is 4.08. The molecule has 1 N–H and O–H groups in total. The van der Waals surface area contributed by atoms with Crippen molar-refractivity contribution in [3.05, 3.63) is 50.1 Å². The van der Waals surface area contributed by atoms with Gasteiger partial charge in [-0.05, 0) is 52.7 Å². The number of nitrogens with one attached hydrogen (secondary N) is 1. The summed E-state index contributed by atoms with van der Waals surface area (Å²) in [6.07, 6.45) is 0.343. The molecule has 0 spiro atoms. The van der Waals surface area contributed by atoms with Gasteiger partial charge in [0.1, 0.15) is 0 Å². The summed E-state index contributed by atoms with van der Waals surface area (Å²) < 4.78 is 5.72. The van der Waals surface area contributed by atoms with Crippen LogP contribution in [0.25, 0.3) is 0 Å². The van der Waals surface area contributed by atoms with E-state index in [1.807, 2.05) is 12.1 Å². The van der Waals surface area contributed by atoms with Crippen molar-refractivity contribution < 1.29 is 9.53 Å². The number of methoxy groups -OCH3 is 1. The van der Waals surface area contributed by atoms with E-state index in [1.165, 1.54) is 17.6 Å². The maximum atomic E-state index is 11.2. The molecule has 20 heavy (non-hydrogen) atoms. The lowest BCUT2D eigenvalue weighted by atomic mass is 10.2. The second-order valence-corrected chi connectivity index (χ2v) is 6.57. The normalized spacial score (nSPS) is 10.3. The van der Waals surface area contributed by atoms with E-state index in [4.69, 9.17) is 0 Å². The van der Waals surface area contributed by atoms with E-state index in [-0.39, 0.29) is 5.97 Å². The Labute approximate surface area is 131 Å². The van der Waals surface area contributed by atoms with Crippen LogP contribution in [0.15, 0.2) is 34.8 Å². The van der Waals surface area contributed by atoms with Crippen molar-refractivity contribution in [3.63, 3.8) is 0 Å². The van der Waals surface area contributed by atoms with Crippen molar-refractivity contribution in [1.29, 1.82) is 0 Å². The number of aryl methyl sites for hydroxylation is 1. The number of hydrogen-bond acceptors (Lipinski definition) is 4. The minimum atomic E-state index is -0.201. The van der Waals surface area contributed by atoms with Crippen LogP contribution in [0, 0.1) is 6.92 Å². The van der Waals surface area contributed by atoms with Crippen LogP contribution in [0.1, 0.15) is 15.3 Å². The van der Waals surface area contributed by atoms with E-state index in [1.54, 1.807) is 11.3 Å². The maximum Gasteiger partial charge on any atom is 0.310 e. The number of benzene rings is 1. The number of carbonyl (C=O) groups excluding carboxylic acids is 1. The number of anilines is 1. The summed E-state index contributed by atoms with van der Waals surface area (Å²) in [6.45, 7) is 2.81. The number of carbonyl (C=O) groups is 1. The SMILES string of the molecule is COC(=O)Cc1ccc(CNc2ccc(C)cc2Br)s1. The first-order valence-corrected chi connectivity index (χ1v) is 7.84. The Balaban J connectivity index is 1.95. The lowest BCUT2D eigenvalue weighted by Crippen LogP contribution is -2.02.